The van der Waals surface area contributed by atoms with Gasteiger partial charge >= 0.3 is 6.03 Å². The number of nitrogens with one attached hydrogen (secondary N) is 1. The number of urea groups is 1. The van der Waals surface area contributed by atoms with Crippen LogP contribution in [-0.4, -0.2) is 12.6 Å². The largest absolute Gasteiger partial charge is 0.411 e. The van der Waals surface area contributed by atoms with E-state index in [0.29, 0.717) is 6.54 Å². The number of amides is 2. The molecule has 2 aromatic carbocycles. The van der Waals surface area contributed by atoms with Crippen molar-refractivity contribution < 1.29 is 10.5 Å². The monoisotopic (exact) mass is 239 g/mol. The maximum Gasteiger partial charge on any atom is 0.411 e. The van der Waals surface area contributed by atoms with Crippen LogP contribution in [0.3, 0.4) is 0 Å². The van der Waals surface area contributed by atoms with Crippen molar-refractivity contribution in [2.75, 3.05) is 6.54 Å². The summed E-state index contributed by atoms with van der Waals surface area (Å²) < 4.78 is 0. The van der Waals surface area contributed by atoms with E-state index in [0.717, 1.165) is 0 Å². The third kappa shape index (κ3) is 1.69. The highest BCUT2D eigenvalue weighted by atomic mass is 16.2. The molecule has 3 nitrogen and oxygen atoms in total. The van der Waals surface area contributed by atoms with Crippen LogP contribution in [0, 0.1) is 0 Å². The van der Waals surface area contributed by atoms with E-state index in [1.807, 2.05) is 12.1 Å². The lowest BCUT2D eigenvalue weighted by Gasteiger charge is -2.12. The van der Waals surface area contributed by atoms with E-state index in [-0.39, 0.29) is 11.9 Å². The molecule has 90 valence electrons. The highest BCUT2D eigenvalue weighted by molar-refractivity contribution is 5.79. The molecule has 0 radical (unpaired) electrons. The summed E-state index contributed by atoms with van der Waals surface area (Å²) in [6.07, 6.45) is 0. The van der Waals surface area contributed by atoms with Crippen LogP contribution < -0.4 is 11.1 Å². The highest BCUT2D eigenvalue weighted by Crippen LogP contribution is 2.43. The Kier molecular flexibility index (Phi) is 2.61. The summed E-state index contributed by atoms with van der Waals surface area (Å²) >= 11 is 0. The summed E-state index contributed by atoms with van der Waals surface area (Å²) in [7, 11) is 0. The SMILES string of the molecule is [NH3+]C(=O)NCC1c2ccccc2-c2ccccc21. The zero-order valence-electron chi connectivity index (χ0n) is 10.0. The van der Waals surface area contributed by atoms with Crippen LogP contribution in [-0.2, 0) is 0 Å². The third-order valence-corrected chi connectivity index (χ3v) is 3.47. The molecule has 0 saturated carbocycles. The third-order valence-electron chi connectivity index (χ3n) is 3.47. The van der Waals surface area contributed by atoms with Gasteiger partial charge in [-0.05, 0) is 22.3 Å². The van der Waals surface area contributed by atoms with Crippen molar-refractivity contribution in [1.82, 2.24) is 5.32 Å². The number of hydrogen-bond acceptors (Lipinski definition) is 1. The summed E-state index contributed by atoms with van der Waals surface area (Å²) in [6, 6.07) is 16.5. The van der Waals surface area contributed by atoms with Gasteiger partial charge in [0.25, 0.3) is 0 Å². The minimum atomic E-state index is -0.225. The molecule has 0 unspecified atom stereocenters. The normalized spacial score (nSPS) is 12.9. The van der Waals surface area contributed by atoms with Gasteiger partial charge in [-0.2, -0.15) is 0 Å². The van der Waals surface area contributed by atoms with Crippen LogP contribution in [0.5, 0.6) is 0 Å². The quantitative estimate of drug-likeness (QED) is 0.824. The molecule has 0 fully saturated rings. The molecule has 0 saturated heterocycles. The van der Waals surface area contributed by atoms with Gasteiger partial charge in [-0.3, -0.25) is 5.73 Å². The van der Waals surface area contributed by atoms with Gasteiger partial charge < -0.3 is 5.32 Å². The first kappa shape index (κ1) is 11.0. The van der Waals surface area contributed by atoms with E-state index < -0.39 is 0 Å². The lowest BCUT2D eigenvalue weighted by Crippen LogP contribution is -2.63. The Balaban J connectivity index is 2.06. The van der Waals surface area contributed by atoms with Gasteiger partial charge in [0, 0.05) is 12.5 Å². The Morgan fingerprint density at radius 2 is 1.50 bits per heavy atom. The van der Waals surface area contributed by atoms with Crippen molar-refractivity contribution in [3.8, 4) is 11.1 Å². The molecule has 0 atom stereocenters. The second-order valence-electron chi connectivity index (χ2n) is 4.53. The van der Waals surface area contributed by atoms with Gasteiger partial charge in [0.05, 0.1) is 0 Å². The van der Waals surface area contributed by atoms with Crippen LogP contribution in [0.25, 0.3) is 11.1 Å². The van der Waals surface area contributed by atoms with Crippen LogP contribution in [0.4, 0.5) is 4.79 Å². The predicted octanol–water partition coefficient (Wildman–Crippen LogP) is 1.75. The van der Waals surface area contributed by atoms with Crippen LogP contribution in [0.15, 0.2) is 48.5 Å². The fourth-order valence-corrected chi connectivity index (χ4v) is 2.70. The summed E-state index contributed by atoms with van der Waals surface area (Å²) in [4.78, 5) is 11.0. The van der Waals surface area contributed by atoms with Crippen molar-refractivity contribution in [3.05, 3.63) is 59.7 Å². The standard InChI is InChI=1S/C15H14N2O/c16-15(18)17-9-14-12-7-3-1-5-10(12)11-6-2-4-8-13(11)14/h1-8,14H,9H2,(H3,16,17,18)/p+1. The Morgan fingerprint density at radius 3 is 2.00 bits per heavy atom. The van der Waals surface area contributed by atoms with Crippen molar-refractivity contribution in [3.63, 3.8) is 0 Å². The predicted molar refractivity (Wildman–Crippen MR) is 70.0 cm³/mol. The summed E-state index contributed by atoms with van der Waals surface area (Å²) in [6.45, 7) is 0.608. The van der Waals surface area contributed by atoms with E-state index in [2.05, 4.69) is 47.4 Å². The Labute approximate surface area is 106 Å². The molecule has 3 heteroatoms. The molecule has 18 heavy (non-hydrogen) atoms. The van der Waals surface area contributed by atoms with E-state index in [1.165, 1.54) is 22.3 Å². The molecule has 2 amide bonds. The molecule has 4 N–H and O–H groups in total. The van der Waals surface area contributed by atoms with Crippen LogP contribution >= 0.6 is 0 Å². The van der Waals surface area contributed by atoms with Crippen molar-refractivity contribution in [1.29, 1.82) is 0 Å². The number of carbonyl (C=O) groups is 1. The number of hydrogen-bond donors (Lipinski definition) is 2. The smallest absolute Gasteiger partial charge is 0.305 e. The number of benzene rings is 2. The van der Waals surface area contributed by atoms with Gasteiger partial charge in [0.2, 0.25) is 0 Å². The number of rotatable bonds is 2. The van der Waals surface area contributed by atoms with Crippen molar-refractivity contribution in [2.24, 2.45) is 0 Å². The Hall–Kier alpha value is -2.13. The summed E-state index contributed by atoms with van der Waals surface area (Å²) in [5.41, 5.74) is 8.48. The van der Waals surface area contributed by atoms with Crippen molar-refractivity contribution in [2.45, 2.75) is 5.92 Å². The molecule has 0 spiro atoms. The van der Waals surface area contributed by atoms with Gasteiger partial charge in [-0.1, -0.05) is 48.5 Å². The van der Waals surface area contributed by atoms with E-state index in [4.69, 9.17) is 0 Å². The average molecular weight is 239 g/mol. The maximum absolute atomic E-state index is 11.0. The second kappa shape index (κ2) is 4.27. The van der Waals surface area contributed by atoms with Crippen LogP contribution in [0.1, 0.15) is 17.0 Å². The molecule has 0 bridgehead atoms. The topological polar surface area (TPSA) is 56.7 Å². The molecule has 1 aliphatic rings. The lowest BCUT2D eigenvalue weighted by atomic mass is 9.97. The minimum absolute atomic E-state index is 0.225. The zero-order valence-corrected chi connectivity index (χ0v) is 10.0. The molecule has 0 aromatic heterocycles. The molecular formula is C15H15N2O+. The Bertz CT molecular complexity index is 561. The van der Waals surface area contributed by atoms with Crippen LogP contribution in [0.2, 0.25) is 0 Å². The first-order valence-corrected chi connectivity index (χ1v) is 6.05. The average Bonchev–Trinajstić information content (AvgIpc) is 2.71. The second-order valence-corrected chi connectivity index (χ2v) is 4.53. The first-order chi connectivity index (χ1) is 8.77. The van der Waals surface area contributed by atoms with Crippen molar-refractivity contribution >= 4 is 6.03 Å². The molecule has 0 heterocycles. The number of fused-ring (bicyclic) bond motifs is 3. The summed E-state index contributed by atoms with van der Waals surface area (Å²) in [5, 5.41) is 2.82. The number of quaternary nitrogens is 1. The van der Waals surface area contributed by atoms with Gasteiger partial charge in [0.1, 0.15) is 0 Å². The highest BCUT2D eigenvalue weighted by Gasteiger charge is 2.27. The van der Waals surface area contributed by atoms with Gasteiger partial charge in [0.15, 0.2) is 0 Å². The van der Waals surface area contributed by atoms with E-state index in [1.54, 1.807) is 0 Å². The summed E-state index contributed by atoms with van der Waals surface area (Å²) in [5.74, 6) is 0.239. The fraction of sp³-hybridized carbons (Fsp3) is 0.133. The molecule has 2 aromatic rings. The molecule has 1 aliphatic carbocycles. The first-order valence-electron chi connectivity index (χ1n) is 6.05. The number of carbonyl (C=O) groups excluding carboxylic acids is 1. The maximum atomic E-state index is 11.0. The van der Waals surface area contributed by atoms with E-state index >= 15 is 0 Å². The molecule has 0 aliphatic heterocycles. The minimum Gasteiger partial charge on any atom is -0.305 e. The molecule has 3 rings (SSSR count). The molecular weight excluding hydrogens is 224 g/mol. The van der Waals surface area contributed by atoms with Gasteiger partial charge in [-0.25, -0.2) is 4.79 Å². The zero-order chi connectivity index (χ0) is 12.5. The lowest BCUT2D eigenvalue weighted by molar-refractivity contribution is -0.250. The van der Waals surface area contributed by atoms with Gasteiger partial charge in [-0.15, -0.1) is 0 Å². The fourth-order valence-electron chi connectivity index (χ4n) is 2.70. The Morgan fingerprint density at radius 1 is 1.00 bits per heavy atom. The van der Waals surface area contributed by atoms with E-state index in [9.17, 15) is 4.79 Å².